The molecule has 162 valence electrons. The second kappa shape index (κ2) is 8.42. The summed E-state index contributed by atoms with van der Waals surface area (Å²) in [4.78, 5) is 9.78. The molecule has 1 N–H and O–H groups in total. The van der Waals surface area contributed by atoms with Crippen molar-refractivity contribution in [2.75, 3.05) is 39.4 Å². The zero-order chi connectivity index (χ0) is 20.7. The number of aliphatic hydroxyl groups excluding tert-OH is 1. The van der Waals surface area contributed by atoms with Crippen molar-refractivity contribution in [2.24, 2.45) is 11.8 Å². The summed E-state index contributed by atoms with van der Waals surface area (Å²) < 4.78 is 11.5. The molecule has 2 aliphatic heterocycles. The molecule has 2 saturated heterocycles. The maximum atomic E-state index is 10.8. The van der Waals surface area contributed by atoms with Gasteiger partial charge in [0.15, 0.2) is 0 Å². The third-order valence-electron chi connectivity index (χ3n) is 7.23. The molecule has 1 saturated carbocycles. The van der Waals surface area contributed by atoms with E-state index in [-0.39, 0.29) is 12.1 Å². The molecule has 0 unspecified atom stereocenters. The summed E-state index contributed by atoms with van der Waals surface area (Å²) >= 11 is 0. The number of aromatic nitrogens is 1. The van der Waals surface area contributed by atoms with Crippen LogP contribution in [-0.4, -0.2) is 71.4 Å². The average molecular weight is 412 g/mol. The topological polar surface area (TPSA) is 62.0 Å². The van der Waals surface area contributed by atoms with Gasteiger partial charge in [-0.2, -0.15) is 0 Å². The molecule has 0 radical (unpaired) electrons. The molecule has 30 heavy (non-hydrogen) atoms. The minimum absolute atomic E-state index is 0.217. The lowest BCUT2D eigenvalue weighted by molar-refractivity contribution is -0.0520. The van der Waals surface area contributed by atoms with Crippen molar-refractivity contribution in [1.29, 1.82) is 0 Å². The van der Waals surface area contributed by atoms with Crippen LogP contribution in [0.5, 0.6) is 0 Å². The standard InChI is InChI=1S/C24H33N3O3/c1-16-4-3-5-18(10-16)24-25-21(17(2)30-24)15-26-13-19-11-22(23(28)12-20(19)14-26)27-6-8-29-9-7-27/h3-5,10,19-20,22-23,28H,6-9,11-15H2,1-2H3/t19-,20+,22-,23-/m1/s1. The van der Waals surface area contributed by atoms with Gasteiger partial charge in [-0.3, -0.25) is 9.80 Å². The van der Waals surface area contributed by atoms with Gasteiger partial charge in [0.05, 0.1) is 25.0 Å². The number of hydrogen-bond donors (Lipinski definition) is 1. The van der Waals surface area contributed by atoms with Gasteiger partial charge in [-0.25, -0.2) is 4.98 Å². The van der Waals surface area contributed by atoms with Crippen LogP contribution >= 0.6 is 0 Å². The quantitative estimate of drug-likeness (QED) is 0.835. The van der Waals surface area contributed by atoms with Crippen molar-refractivity contribution in [2.45, 2.75) is 45.4 Å². The number of morpholine rings is 1. The number of rotatable bonds is 4. The van der Waals surface area contributed by atoms with Crippen molar-refractivity contribution in [3.63, 3.8) is 0 Å². The van der Waals surface area contributed by atoms with Gasteiger partial charge < -0.3 is 14.3 Å². The third kappa shape index (κ3) is 4.06. The molecule has 6 nitrogen and oxygen atoms in total. The molecule has 1 aromatic heterocycles. The number of likely N-dealkylation sites (tertiary alicyclic amines) is 1. The van der Waals surface area contributed by atoms with E-state index in [0.29, 0.717) is 17.7 Å². The number of aryl methyl sites for hydroxylation is 2. The fourth-order valence-electron chi connectivity index (χ4n) is 5.62. The molecular weight excluding hydrogens is 378 g/mol. The average Bonchev–Trinajstić information content (AvgIpc) is 3.30. The monoisotopic (exact) mass is 411 g/mol. The Morgan fingerprint density at radius 2 is 1.87 bits per heavy atom. The summed E-state index contributed by atoms with van der Waals surface area (Å²) in [6, 6.07) is 8.60. The number of nitrogens with zero attached hydrogens (tertiary/aromatic N) is 3. The highest BCUT2D eigenvalue weighted by molar-refractivity contribution is 5.54. The van der Waals surface area contributed by atoms with Crippen LogP contribution in [0.3, 0.4) is 0 Å². The van der Waals surface area contributed by atoms with E-state index in [2.05, 4.69) is 34.9 Å². The van der Waals surface area contributed by atoms with Crippen LogP contribution in [0.2, 0.25) is 0 Å². The highest BCUT2D eigenvalue weighted by Crippen LogP contribution is 2.39. The van der Waals surface area contributed by atoms with Crippen LogP contribution in [0.15, 0.2) is 28.7 Å². The van der Waals surface area contributed by atoms with Crippen LogP contribution in [-0.2, 0) is 11.3 Å². The Bertz CT molecular complexity index is 876. The molecule has 2 aromatic rings. The molecule has 6 heteroatoms. The molecule has 3 aliphatic rings. The summed E-state index contributed by atoms with van der Waals surface area (Å²) in [7, 11) is 0. The van der Waals surface area contributed by atoms with E-state index < -0.39 is 0 Å². The number of hydrogen-bond acceptors (Lipinski definition) is 6. The number of ether oxygens (including phenoxy) is 1. The summed E-state index contributed by atoms with van der Waals surface area (Å²) in [6.45, 7) is 10.5. The third-order valence-corrected chi connectivity index (χ3v) is 7.23. The minimum atomic E-state index is -0.217. The zero-order valence-electron chi connectivity index (χ0n) is 18.1. The van der Waals surface area contributed by atoms with E-state index in [4.69, 9.17) is 14.1 Å². The molecular formula is C24H33N3O3. The first kappa shape index (κ1) is 20.2. The van der Waals surface area contributed by atoms with Crippen LogP contribution in [0.4, 0.5) is 0 Å². The fraction of sp³-hybridized carbons (Fsp3) is 0.625. The normalized spacial score (nSPS) is 30.5. The molecule has 5 rings (SSSR count). The van der Waals surface area contributed by atoms with Crippen molar-refractivity contribution < 1.29 is 14.3 Å². The first-order valence-electron chi connectivity index (χ1n) is 11.3. The molecule has 0 spiro atoms. The van der Waals surface area contributed by atoms with Crippen LogP contribution in [0.1, 0.15) is 29.9 Å². The molecule has 3 fully saturated rings. The van der Waals surface area contributed by atoms with Gasteiger partial charge in [0.2, 0.25) is 5.89 Å². The number of fused-ring (bicyclic) bond motifs is 1. The first-order chi connectivity index (χ1) is 14.6. The van der Waals surface area contributed by atoms with E-state index in [0.717, 1.165) is 75.8 Å². The molecule has 1 aromatic carbocycles. The van der Waals surface area contributed by atoms with Gasteiger partial charge in [-0.1, -0.05) is 17.7 Å². The Balaban J connectivity index is 1.24. The maximum Gasteiger partial charge on any atom is 0.226 e. The molecule has 3 heterocycles. The Kier molecular flexibility index (Phi) is 5.67. The highest BCUT2D eigenvalue weighted by atomic mass is 16.5. The summed E-state index contributed by atoms with van der Waals surface area (Å²) in [5.41, 5.74) is 3.29. The Morgan fingerprint density at radius 3 is 2.63 bits per heavy atom. The van der Waals surface area contributed by atoms with Gasteiger partial charge >= 0.3 is 0 Å². The highest BCUT2D eigenvalue weighted by Gasteiger charge is 2.43. The Hall–Kier alpha value is -1.73. The largest absolute Gasteiger partial charge is 0.441 e. The molecule has 0 bridgehead atoms. The van der Waals surface area contributed by atoms with Crippen molar-refractivity contribution in [3.8, 4) is 11.5 Å². The lowest BCUT2D eigenvalue weighted by atomic mass is 9.77. The van der Waals surface area contributed by atoms with E-state index >= 15 is 0 Å². The summed E-state index contributed by atoms with van der Waals surface area (Å²) in [6.07, 6.45) is 1.79. The first-order valence-corrected chi connectivity index (χ1v) is 11.3. The predicted octanol–water partition coefficient (Wildman–Crippen LogP) is 2.86. The van der Waals surface area contributed by atoms with Gasteiger partial charge in [-0.05, 0) is 50.7 Å². The van der Waals surface area contributed by atoms with E-state index in [1.54, 1.807) is 0 Å². The molecule has 4 atom stereocenters. The lowest BCUT2D eigenvalue weighted by Crippen LogP contribution is -2.53. The van der Waals surface area contributed by atoms with Gasteiger partial charge in [0.25, 0.3) is 0 Å². The van der Waals surface area contributed by atoms with Crippen molar-refractivity contribution in [1.82, 2.24) is 14.8 Å². The SMILES string of the molecule is Cc1cccc(-c2nc(CN3C[C@H]4C[C@@H](N5CCOCC5)[C@H](O)C[C@H]4C3)c(C)o2)c1. The molecule has 0 amide bonds. The number of oxazole rings is 1. The van der Waals surface area contributed by atoms with Crippen molar-refractivity contribution >= 4 is 0 Å². The van der Waals surface area contributed by atoms with E-state index in [1.165, 1.54) is 5.56 Å². The van der Waals surface area contributed by atoms with Crippen molar-refractivity contribution in [3.05, 3.63) is 41.3 Å². The molecule has 1 aliphatic carbocycles. The number of aliphatic hydroxyl groups is 1. The second-order valence-electron chi connectivity index (χ2n) is 9.36. The minimum Gasteiger partial charge on any atom is -0.441 e. The van der Waals surface area contributed by atoms with E-state index in [9.17, 15) is 5.11 Å². The predicted molar refractivity (Wildman–Crippen MR) is 115 cm³/mol. The number of benzene rings is 1. The maximum absolute atomic E-state index is 10.8. The fourth-order valence-corrected chi connectivity index (χ4v) is 5.62. The van der Waals surface area contributed by atoms with Crippen LogP contribution in [0, 0.1) is 25.7 Å². The van der Waals surface area contributed by atoms with Crippen LogP contribution in [0.25, 0.3) is 11.5 Å². The summed E-state index contributed by atoms with van der Waals surface area (Å²) in [5.74, 6) is 2.86. The van der Waals surface area contributed by atoms with Crippen LogP contribution < -0.4 is 0 Å². The van der Waals surface area contributed by atoms with Gasteiger partial charge in [0, 0.05) is 44.3 Å². The van der Waals surface area contributed by atoms with E-state index in [1.807, 2.05) is 13.0 Å². The lowest BCUT2D eigenvalue weighted by Gasteiger charge is -2.43. The van der Waals surface area contributed by atoms with Gasteiger partial charge in [0.1, 0.15) is 5.76 Å². The zero-order valence-corrected chi connectivity index (χ0v) is 18.1. The Morgan fingerprint density at radius 1 is 1.10 bits per heavy atom. The summed E-state index contributed by atoms with van der Waals surface area (Å²) in [5, 5.41) is 10.8. The Labute approximate surface area is 178 Å². The second-order valence-corrected chi connectivity index (χ2v) is 9.36. The van der Waals surface area contributed by atoms with Gasteiger partial charge in [-0.15, -0.1) is 0 Å². The smallest absolute Gasteiger partial charge is 0.226 e.